The number of hydrogen-bond donors (Lipinski definition) is 0. The molecule has 1 unspecified atom stereocenters. The molecule has 0 N–H and O–H groups in total. The normalized spacial score (nSPS) is 12.6. The fourth-order valence-electron chi connectivity index (χ4n) is 1.77. The molecule has 0 radical (unpaired) electrons. The summed E-state index contributed by atoms with van der Waals surface area (Å²) in [5.74, 6) is 0.981. The van der Waals surface area contributed by atoms with Crippen LogP contribution in [0, 0.1) is 13.8 Å². The highest BCUT2D eigenvalue weighted by molar-refractivity contribution is 9.08. The van der Waals surface area contributed by atoms with Gasteiger partial charge in [-0.1, -0.05) is 28.1 Å². The number of methoxy groups -OCH3 is 1. The Morgan fingerprint density at radius 2 is 1.81 bits per heavy atom. The Balaban J connectivity index is 2.87. The van der Waals surface area contributed by atoms with Crippen molar-refractivity contribution in [2.45, 2.75) is 32.2 Å². The predicted molar refractivity (Wildman–Crippen MR) is 70.5 cm³/mol. The van der Waals surface area contributed by atoms with Crippen molar-refractivity contribution < 1.29 is 9.47 Å². The first-order valence-corrected chi connectivity index (χ1v) is 6.52. The number of aryl methyl sites for hydroxylation is 2. The van der Waals surface area contributed by atoms with E-state index in [1.807, 2.05) is 6.92 Å². The van der Waals surface area contributed by atoms with Crippen molar-refractivity contribution in [1.29, 1.82) is 0 Å². The van der Waals surface area contributed by atoms with E-state index >= 15 is 0 Å². The summed E-state index contributed by atoms with van der Waals surface area (Å²) in [6.07, 6.45) is 0.0808. The van der Waals surface area contributed by atoms with Gasteiger partial charge >= 0.3 is 0 Å². The third kappa shape index (κ3) is 3.49. The number of ether oxygens (including phenoxy) is 2. The van der Waals surface area contributed by atoms with Crippen molar-refractivity contribution >= 4 is 15.9 Å². The van der Waals surface area contributed by atoms with Gasteiger partial charge in [0, 0.05) is 12.4 Å². The van der Waals surface area contributed by atoms with Gasteiger partial charge in [-0.2, -0.15) is 0 Å². The number of benzene rings is 1. The van der Waals surface area contributed by atoms with Crippen molar-refractivity contribution in [3.05, 3.63) is 28.8 Å². The maximum absolute atomic E-state index is 5.88. The molecule has 0 saturated heterocycles. The van der Waals surface area contributed by atoms with Crippen LogP contribution in [0.15, 0.2) is 12.1 Å². The summed E-state index contributed by atoms with van der Waals surface area (Å²) >= 11 is 3.47. The molecule has 0 saturated carbocycles. The lowest BCUT2D eigenvalue weighted by Gasteiger charge is -2.18. The highest BCUT2D eigenvalue weighted by atomic mass is 79.9. The van der Waals surface area contributed by atoms with E-state index in [0.29, 0.717) is 6.61 Å². The molecule has 0 aliphatic carbocycles. The SMILES string of the molecule is COCC(C)Oc1c(C)cc(CBr)cc1C. The third-order valence-corrected chi connectivity index (χ3v) is 3.04. The van der Waals surface area contributed by atoms with E-state index in [0.717, 1.165) is 11.1 Å². The zero-order valence-corrected chi connectivity index (χ0v) is 11.9. The molecule has 0 fully saturated rings. The number of rotatable bonds is 5. The van der Waals surface area contributed by atoms with Crippen molar-refractivity contribution in [3.63, 3.8) is 0 Å². The molecule has 90 valence electrons. The summed E-state index contributed by atoms with van der Waals surface area (Å²) in [5, 5.41) is 0.878. The molecule has 0 heterocycles. The molecule has 0 bridgehead atoms. The lowest BCUT2D eigenvalue weighted by Crippen LogP contribution is -2.19. The van der Waals surface area contributed by atoms with Crippen molar-refractivity contribution in [2.24, 2.45) is 0 Å². The van der Waals surface area contributed by atoms with Gasteiger partial charge in [-0.05, 0) is 37.5 Å². The standard InChI is InChI=1S/C13H19BrO2/c1-9-5-12(7-14)6-10(2)13(9)16-11(3)8-15-4/h5-6,11H,7-8H2,1-4H3. The molecule has 1 atom stereocenters. The van der Waals surface area contributed by atoms with Crippen LogP contribution in [0.2, 0.25) is 0 Å². The Labute approximate surface area is 106 Å². The highest BCUT2D eigenvalue weighted by Crippen LogP contribution is 2.26. The molecule has 1 aromatic rings. The van der Waals surface area contributed by atoms with Crippen LogP contribution in [-0.4, -0.2) is 19.8 Å². The second kappa shape index (κ2) is 6.26. The third-order valence-electron chi connectivity index (χ3n) is 2.39. The van der Waals surface area contributed by atoms with E-state index in [-0.39, 0.29) is 6.10 Å². The molecule has 0 aromatic heterocycles. The van der Waals surface area contributed by atoms with Gasteiger partial charge < -0.3 is 9.47 Å². The Kier molecular flexibility index (Phi) is 5.29. The Hall–Kier alpha value is -0.540. The van der Waals surface area contributed by atoms with Gasteiger partial charge in [-0.25, -0.2) is 0 Å². The van der Waals surface area contributed by atoms with Crippen molar-refractivity contribution in [1.82, 2.24) is 0 Å². The first kappa shape index (κ1) is 13.5. The monoisotopic (exact) mass is 286 g/mol. The lowest BCUT2D eigenvalue weighted by atomic mass is 10.1. The summed E-state index contributed by atoms with van der Waals surface area (Å²) in [5.41, 5.74) is 3.64. The molecule has 3 heteroatoms. The van der Waals surface area contributed by atoms with Gasteiger partial charge in [0.2, 0.25) is 0 Å². The molecule has 16 heavy (non-hydrogen) atoms. The van der Waals surface area contributed by atoms with Gasteiger partial charge in [0.25, 0.3) is 0 Å². The highest BCUT2D eigenvalue weighted by Gasteiger charge is 2.10. The molecule has 0 amide bonds. The Morgan fingerprint density at radius 1 is 1.25 bits per heavy atom. The largest absolute Gasteiger partial charge is 0.488 e. The average molecular weight is 287 g/mol. The second-order valence-corrected chi connectivity index (χ2v) is 4.64. The van der Waals surface area contributed by atoms with Crippen molar-refractivity contribution in [3.8, 4) is 5.75 Å². The molecular weight excluding hydrogens is 268 g/mol. The quantitative estimate of drug-likeness (QED) is 0.770. The molecule has 0 aliphatic rings. The molecule has 1 rings (SSSR count). The fraction of sp³-hybridized carbons (Fsp3) is 0.538. The van der Waals surface area contributed by atoms with E-state index in [2.05, 4.69) is 41.9 Å². The van der Waals surface area contributed by atoms with E-state index in [1.165, 1.54) is 16.7 Å². The Bertz CT molecular complexity index is 327. The van der Waals surface area contributed by atoms with Gasteiger partial charge in [-0.3, -0.25) is 0 Å². The van der Waals surface area contributed by atoms with Crippen LogP contribution in [0.4, 0.5) is 0 Å². The molecule has 2 nitrogen and oxygen atoms in total. The molecule has 0 aliphatic heterocycles. The molecular formula is C13H19BrO2. The topological polar surface area (TPSA) is 18.5 Å². The van der Waals surface area contributed by atoms with Gasteiger partial charge in [0.05, 0.1) is 6.61 Å². The summed E-state index contributed by atoms with van der Waals surface area (Å²) in [6, 6.07) is 4.30. The number of halogens is 1. The van der Waals surface area contributed by atoms with Crippen LogP contribution < -0.4 is 4.74 Å². The second-order valence-electron chi connectivity index (χ2n) is 4.08. The van der Waals surface area contributed by atoms with E-state index in [4.69, 9.17) is 9.47 Å². The van der Waals surface area contributed by atoms with Crippen LogP contribution in [0.3, 0.4) is 0 Å². The number of alkyl halides is 1. The van der Waals surface area contributed by atoms with Crippen molar-refractivity contribution in [2.75, 3.05) is 13.7 Å². The maximum atomic E-state index is 5.88. The van der Waals surface area contributed by atoms with Gasteiger partial charge in [-0.15, -0.1) is 0 Å². The summed E-state index contributed by atoms with van der Waals surface area (Å²) in [6.45, 7) is 6.78. The maximum Gasteiger partial charge on any atom is 0.125 e. The van der Waals surface area contributed by atoms with Crippen LogP contribution in [0.25, 0.3) is 0 Å². The lowest BCUT2D eigenvalue weighted by molar-refractivity contribution is 0.0911. The minimum absolute atomic E-state index is 0.0808. The first-order valence-electron chi connectivity index (χ1n) is 5.40. The minimum atomic E-state index is 0.0808. The molecule has 0 spiro atoms. The summed E-state index contributed by atoms with van der Waals surface area (Å²) in [7, 11) is 1.69. The zero-order valence-electron chi connectivity index (χ0n) is 10.3. The predicted octanol–water partition coefficient (Wildman–Crippen LogP) is 3.61. The van der Waals surface area contributed by atoms with Crippen LogP contribution in [-0.2, 0) is 10.1 Å². The smallest absolute Gasteiger partial charge is 0.125 e. The van der Waals surface area contributed by atoms with E-state index in [9.17, 15) is 0 Å². The first-order chi connectivity index (χ1) is 7.58. The molecule has 1 aromatic carbocycles. The number of hydrogen-bond acceptors (Lipinski definition) is 2. The minimum Gasteiger partial charge on any atom is -0.488 e. The fourth-order valence-corrected chi connectivity index (χ4v) is 2.10. The zero-order chi connectivity index (χ0) is 12.1. The van der Waals surface area contributed by atoms with Gasteiger partial charge in [0.1, 0.15) is 11.9 Å². The van der Waals surface area contributed by atoms with Crippen LogP contribution >= 0.6 is 15.9 Å². The van der Waals surface area contributed by atoms with Crippen LogP contribution in [0.5, 0.6) is 5.75 Å². The Morgan fingerprint density at radius 3 is 2.25 bits per heavy atom. The summed E-state index contributed by atoms with van der Waals surface area (Å²) in [4.78, 5) is 0. The van der Waals surface area contributed by atoms with E-state index < -0.39 is 0 Å². The average Bonchev–Trinajstić information content (AvgIpc) is 2.23. The van der Waals surface area contributed by atoms with Gasteiger partial charge in [0.15, 0.2) is 0 Å². The van der Waals surface area contributed by atoms with Crippen LogP contribution in [0.1, 0.15) is 23.6 Å². The van der Waals surface area contributed by atoms with E-state index in [1.54, 1.807) is 7.11 Å². The summed E-state index contributed by atoms with van der Waals surface area (Å²) < 4.78 is 10.9.